The maximum atomic E-state index is 11.9. The van der Waals surface area contributed by atoms with Gasteiger partial charge >= 0.3 is 5.88 Å². The lowest BCUT2D eigenvalue weighted by molar-refractivity contribution is -0.402. The van der Waals surface area contributed by atoms with Gasteiger partial charge in [-0.05, 0) is 30.0 Å². The first-order valence-corrected chi connectivity index (χ1v) is 7.51. The van der Waals surface area contributed by atoms with Gasteiger partial charge in [-0.1, -0.05) is 23.7 Å². The number of halogens is 1. The summed E-state index contributed by atoms with van der Waals surface area (Å²) in [5.74, 6) is -0.529. The number of hydrogen-bond donors (Lipinski definition) is 1. The van der Waals surface area contributed by atoms with Gasteiger partial charge in [0.2, 0.25) is 0 Å². The largest absolute Gasteiger partial charge is 0.433 e. The van der Waals surface area contributed by atoms with Crippen molar-refractivity contribution in [3.8, 4) is 0 Å². The average molecular weight is 350 g/mol. The van der Waals surface area contributed by atoms with Crippen LogP contribution < -0.4 is 5.32 Å². The first-order chi connectivity index (χ1) is 11.0. The minimum atomic E-state index is -0.645. The maximum absolute atomic E-state index is 11.9. The predicted octanol–water partition coefficient (Wildman–Crippen LogP) is 3.73. The molecule has 0 saturated carbocycles. The topological polar surface area (TPSA) is 97.7 Å². The fourth-order valence-corrected chi connectivity index (χ4v) is 2.77. The number of amides is 1. The van der Waals surface area contributed by atoms with E-state index in [0.717, 1.165) is 11.8 Å². The fraction of sp³-hybridized carbons (Fsp3) is 0. The molecule has 1 saturated heterocycles. The van der Waals surface area contributed by atoms with Crippen molar-refractivity contribution in [2.24, 2.45) is 4.99 Å². The minimum absolute atomic E-state index is 0.216. The van der Waals surface area contributed by atoms with E-state index in [4.69, 9.17) is 16.0 Å². The van der Waals surface area contributed by atoms with Crippen molar-refractivity contribution in [1.82, 2.24) is 5.32 Å². The minimum Gasteiger partial charge on any atom is -0.401 e. The number of carbonyl (C=O) groups is 1. The molecule has 7 nitrogen and oxygen atoms in total. The number of benzene rings is 1. The van der Waals surface area contributed by atoms with Gasteiger partial charge in [-0.2, -0.15) is 0 Å². The van der Waals surface area contributed by atoms with Gasteiger partial charge in [0, 0.05) is 6.08 Å². The summed E-state index contributed by atoms with van der Waals surface area (Å²) >= 11 is 7.11. The SMILES string of the molecule is O=C1NC(=Nc2ccccc2Cl)S/C1=C\c1ccc([N+](=O)[O-])o1. The zero-order valence-electron chi connectivity index (χ0n) is 11.4. The van der Waals surface area contributed by atoms with Crippen LogP contribution in [0.15, 0.2) is 50.7 Å². The Morgan fingerprint density at radius 3 is 2.78 bits per heavy atom. The molecule has 3 rings (SSSR count). The number of hydrogen-bond acceptors (Lipinski definition) is 6. The molecule has 1 aromatic carbocycles. The summed E-state index contributed by atoms with van der Waals surface area (Å²) in [6.07, 6.45) is 1.42. The molecule has 0 aliphatic carbocycles. The van der Waals surface area contributed by atoms with Crippen LogP contribution >= 0.6 is 23.4 Å². The molecule has 0 unspecified atom stereocenters. The normalized spacial score (nSPS) is 17.7. The van der Waals surface area contributed by atoms with Crippen molar-refractivity contribution in [3.63, 3.8) is 0 Å². The van der Waals surface area contributed by atoms with E-state index in [1.165, 1.54) is 18.2 Å². The number of nitrogens with one attached hydrogen (secondary N) is 1. The van der Waals surface area contributed by atoms with Gasteiger partial charge in [0.15, 0.2) is 5.17 Å². The standard InChI is InChI=1S/C14H8ClN3O4S/c15-9-3-1-2-4-10(9)16-14-17-13(19)11(23-14)7-8-5-6-12(22-8)18(20)21/h1-7H,(H,16,17,19)/b11-7-. The quantitative estimate of drug-likeness (QED) is 0.517. The van der Waals surface area contributed by atoms with Crippen molar-refractivity contribution < 1.29 is 14.1 Å². The molecule has 2 heterocycles. The lowest BCUT2D eigenvalue weighted by Gasteiger charge is -1.98. The van der Waals surface area contributed by atoms with Crippen LogP contribution in [0.1, 0.15) is 5.76 Å². The van der Waals surface area contributed by atoms with E-state index in [9.17, 15) is 14.9 Å². The highest BCUT2D eigenvalue weighted by atomic mass is 35.5. The number of thioether (sulfide) groups is 1. The van der Waals surface area contributed by atoms with Crippen LogP contribution in [0.4, 0.5) is 11.6 Å². The number of para-hydroxylation sites is 1. The highest BCUT2D eigenvalue weighted by Gasteiger charge is 2.25. The third-order valence-corrected chi connectivity index (χ3v) is 4.02. The number of aliphatic imine (C=N–C) groups is 1. The van der Waals surface area contributed by atoms with E-state index in [0.29, 0.717) is 20.8 Å². The average Bonchev–Trinajstić information content (AvgIpc) is 3.10. The van der Waals surface area contributed by atoms with Gasteiger partial charge in [-0.25, -0.2) is 4.99 Å². The summed E-state index contributed by atoms with van der Waals surface area (Å²) < 4.78 is 5.00. The first kappa shape index (κ1) is 15.3. The van der Waals surface area contributed by atoms with Crippen LogP contribution in [0.2, 0.25) is 5.02 Å². The zero-order valence-corrected chi connectivity index (χ0v) is 12.9. The summed E-state index contributed by atoms with van der Waals surface area (Å²) in [5, 5.41) is 14.0. The van der Waals surface area contributed by atoms with Crippen LogP contribution in [0, 0.1) is 10.1 Å². The number of nitrogens with zero attached hydrogens (tertiary/aromatic N) is 2. The Kier molecular flexibility index (Phi) is 4.18. The third-order valence-electron chi connectivity index (χ3n) is 2.79. The third kappa shape index (κ3) is 3.43. The first-order valence-electron chi connectivity index (χ1n) is 6.31. The number of carbonyl (C=O) groups excluding carboxylic acids is 1. The van der Waals surface area contributed by atoms with Crippen molar-refractivity contribution >= 4 is 52.1 Å². The van der Waals surface area contributed by atoms with E-state index in [-0.39, 0.29) is 17.6 Å². The van der Waals surface area contributed by atoms with Crippen LogP contribution in [0.5, 0.6) is 0 Å². The molecule has 9 heteroatoms. The monoisotopic (exact) mass is 349 g/mol. The zero-order chi connectivity index (χ0) is 16.4. The summed E-state index contributed by atoms with van der Waals surface area (Å²) in [5.41, 5.74) is 0.534. The van der Waals surface area contributed by atoms with Crippen LogP contribution in [-0.4, -0.2) is 16.0 Å². The fourth-order valence-electron chi connectivity index (χ4n) is 1.78. The summed E-state index contributed by atoms with van der Waals surface area (Å²) in [6, 6.07) is 9.62. The van der Waals surface area contributed by atoms with Crippen molar-refractivity contribution in [3.05, 3.63) is 62.2 Å². The lowest BCUT2D eigenvalue weighted by atomic mass is 10.3. The highest BCUT2D eigenvalue weighted by Crippen LogP contribution is 2.31. The second-order valence-corrected chi connectivity index (χ2v) is 5.80. The second-order valence-electron chi connectivity index (χ2n) is 4.37. The molecule has 0 bridgehead atoms. The summed E-state index contributed by atoms with van der Waals surface area (Å²) in [6.45, 7) is 0. The Balaban J connectivity index is 1.83. The Bertz CT molecular complexity index is 859. The van der Waals surface area contributed by atoms with Crippen molar-refractivity contribution in [2.75, 3.05) is 0 Å². The molecule has 0 radical (unpaired) electrons. The van der Waals surface area contributed by atoms with E-state index < -0.39 is 4.92 Å². The second kappa shape index (κ2) is 6.27. The van der Waals surface area contributed by atoms with Crippen LogP contribution in [0.3, 0.4) is 0 Å². The molecule has 1 N–H and O–H groups in total. The van der Waals surface area contributed by atoms with E-state index in [1.807, 2.05) is 0 Å². The Labute approximate surface area is 139 Å². The van der Waals surface area contributed by atoms with Crippen molar-refractivity contribution in [2.45, 2.75) is 0 Å². The summed E-state index contributed by atoms with van der Waals surface area (Å²) in [7, 11) is 0. The lowest BCUT2D eigenvalue weighted by Crippen LogP contribution is -2.19. The maximum Gasteiger partial charge on any atom is 0.433 e. The highest BCUT2D eigenvalue weighted by molar-refractivity contribution is 8.18. The van der Waals surface area contributed by atoms with Gasteiger partial charge in [0.25, 0.3) is 5.91 Å². The van der Waals surface area contributed by atoms with Gasteiger partial charge in [-0.3, -0.25) is 14.9 Å². The number of furan rings is 1. The number of amidine groups is 1. The van der Waals surface area contributed by atoms with E-state index >= 15 is 0 Å². The van der Waals surface area contributed by atoms with Gasteiger partial charge < -0.3 is 9.73 Å². The predicted molar refractivity (Wildman–Crippen MR) is 87.6 cm³/mol. The number of rotatable bonds is 3. The molecule has 0 atom stereocenters. The summed E-state index contributed by atoms with van der Waals surface area (Å²) in [4.78, 5) is 26.4. The van der Waals surface area contributed by atoms with Crippen LogP contribution in [-0.2, 0) is 4.79 Å². The Morgan fingerprint density at radius 1 is 1.30 bits per heavy atom. The molecule has 0 spiro atoms. The Morgan fingerprint density at radius 2 is 2.09 bits per heavy atom. The smallest absolute Gasteiger partial charge is 0.401 e. The number of nitro groups is 1. The molecule has 1 fully saturated rings. The molecular weight excluding hydrogens is 342 g/mol. The van der Waals surface area contributed by atoms with Crippen LogP contribution in [0.25, 0.3) is 6.08 Å². The molecular formula is C14H8ClN3O4S. The molecule has 23 heavy (non-hydrogen) atoms. The molecule has 1 aromatic heterocycles. The molecule has 2 aromatic rings. The molecule has 116 valence electrons. The Hall–Kier alpha value is -2.58. The van der Waals surface area contributed by atoms with Gasteiger partial charge in [0.1, 0.15) is 10.7 Å². The van der Waals surface area contributed by atoms with Gasteiger partial charge in [0.05, 0.1) is 21.7 Å². The van der Waals surface area contributed by atoms with Gasteiger partial charge in [-0.15, -0.1) is 0 Å². The van der Waals surface area contributed by atoms with Crippen molar-refractivity contribution in [1.29, 1.82) is 0 Å². The molecule has 1 amide bonds. The van der Waals surface area contributed by atoms with E-state index in [2.05, 4.69) is 10.3 Å². The van der Waals surface area contributed by atoms with E-state index in [1.54, 1.807) is 24.3 Å². The molecule has 1 aliphatic heterocycles. The molecule has 1 aliphatic rings.